The maximum Gasteiger partial charge on any atom is 0.279 e. The Morgan fingerprint density at radius 3 is 2.50 bits per heavy atom. The summed E-state index contributed by atoms with van der Waals surface area (Å²) >= 11 is 1.83. The van der Waals surface area contributed by atoms with Crippen molar-refractivity contribution in [2.45, 2.75) is 45.2 Å². The molecular weight excluding hydrogens is 294 g/mol. The first-order valence-electron chi connectivity index (χ1n) is 7.56. The number of thioether (sulfide) groups is 1. The predicted molar refractivity (Wildman–Crippen MR) is 85.2 cm³/mol. The van der Waals surface area contributed by atoms with E-state index in [2.05, 4.69) is 23.9 Å². The molecule has 0 aromatic heterocycles. The number of hydrogen-bond donors (Lipinski definition) is 2. The van der Waals surface area contributed by atoms with Gasteiger partial charge in [0.2, 0.25) is 0 Å². The summed E-state index contributed by atoms with van der Waals surface area (Å²) in [6.07, 6.45) is 2.87. The van der Waals surface area contributed by atoms with Crippen LogP contribution in [0.3, 0.4) is 0 Å². The molecule has 2 heterocycles. The summed E-state index contributed by atoms with van der Waals surface area (Å²) in [7, 11) is -3.27. The summed E-state index contributed by atoms with van der Waals surface area (Å²) in [6, 6.07) is 0.628. The second-order valence-electron chi connectivity index (χ2n) is 6.09. The zero-order valence-electron chi connectivity index (χ0n) is 12.5. The average Bonchev–Trinajstić information content (AvgIpc) is 2.89. The third-order valence-corrected chi connectivity index (χ3v) is 6.81. The van der Waals surface area contributed by atoms with Crippen LogP contribution in [0.5, 0.6) is 0 Å². The van der Waals surface area contributed by atoms with Gasteiger partial charge in [-0.1, -0.05) is 13.8 Å². The molecule has 2 rings (SSSR count). The fourth-order valence-corrected chi connectivity index (χ4v) is 5.39. The molecule has 2 aliphatic rings. The van der Waals surface area contributed by atoms with Crippen LogP contribution in [0.4, 0.5) is 0 Å². The molecule has 20 heavy (non-hydrogen) atoms. The average molecular weight is 322 g/mol. The lowest BCUT2D eigenvalue weighted by molar-refractivity contribution is 0.260. The highest BCUT2D eigenvalue weighted by Gasteiger charge is 2.30. The zero-order valence-corrected chi connectivity index (χ0v) is 14.1. The van der Waals surface area contributed by atoms with Crippen LogP contribution in [0.15, 0.2) is 0 Å². The van der Waals surface area contributed by atoms with Crippen LogP contribution in [0.2, 0.25) is 0 Å². The molecule has 1 atom stereocenters. The van der Waals surface area contributed by atoms with Crippen molar-refractivity contribution in [1.29, 1.82) is 0 Å². The van der Waals surface area contributed by atoms with E-state index in [-0.39, 0.29) is 6.04 Å². The molecule has 2 fully saturated rings. The smallest absolute Gasteiger partial charge is 0.279 e. The molecule has 0 aliphatic carbocycles. The van der Waals surface area contributed by atoms with Crippen LogP contribution >= 0.6 is 11.8 Å². The summed E-state index contributed by atoms with van der Waals surface area (Å²) in [4.78, 5) is 0. The fourth-order valence-electron chi connectivity index (χ4n) is 2.67. The molecule has 0 spiro atoms. The maximum absolute atomic E-state index is 12.3. The second-order valence-corrected chi connectivity index (χ2v) is 8.94. The highest BCUT2D eigenvalue weighted by molar-refractivity contribution is 7.99. The van der Waals surface area contributed by atoms with E-state index in [1.54, 1.807) is 4.31 Å². The molecule has 0 aromatic rings. The van der Waals surface area contributed by atoms with Gasteiger partial charge in [0.05, 0.1) is 0 Å². The quantitative estimate of drug-likeness (QED) is 0.767. The van der Waals surface area contributed by atoms with Crippen LogP contribution in [-0.4, -0.2) is 55.9 Å². The van der Waals surface area contributed by atoms with E-state index < -0.39 is 10.2 Å². The first kappa shape index (κ1) is 16.5. The van der Waals surface area contributed by atoms with E-state index >= 15 is 0 Å². The summed E-state index contributed by atoms with van der Waals surface area (Å²) in [6.45, 7) is 6.59. The monoisotopic (exact) mass is 321 g/mol. The Balaban J connectivity index is 1.77. The van der Waals surface area contributed by atoms with Crippen molar-refractivity contribution in [3.63, 3.8) is 0 Å². The molecule has 2 aliphatic heterocycles. The SMILES string of the molecule is CC(C)NCC1CCN(S(=O)(=O)NC2CCSC2)CC1. The number of rotatable bonds is 6. The van der Waals surface area contributed by atoms with Gasteiger partial charge in [-0.05, 0) is 37.5 Å². The number of nitrogens with one attached hydrogen (secondary N) is 2. The van der Waals surface area contributed by atoms with E-state index in [1.807, 2.05) is 11.8 Å². The van der Waals surface area contributed by atoms with Gasteiger partial charge in [-0.3, -0.25) is 0 Å². The lowest BCUT2D eigenvalue weighted by Gasteiger charge is -2.32. The van der Waals surface area contributed by atoms with Crippen molar-refractivity contribution in [2.75, 3.05) is 31.1 Å². The Kier molecular flexibility index (Phi) is 6.16. The molecule has 2 saturated heterocycles. The van der Waals surface area contributed by atoms with E-state index in [9.17, 15) is 8.42 Å². The van der Waals surface area contributed by atoms with Gasteiger partial charge in [-0.15, -0.1) is 0 Å². The fraction of sp³-hybridized carbons (Fsp3) is 1.00. The first-order chi connectivity index (χ1) is 9.47. The Morgan fingerprint density at radius 1 is 1.25 bits per heavy atom. The van der Waals surface area contributed by atoms with Gasteiger partial charge in [0.1, 0.15) is 0 Å². The normalized spacial score (nSPS) is 26.4. The first-order valence-corrected chi connectivity index (χ1v) is 10.2. The molecule has 1 unspecified atom stereocenters. The molecule has 0 amide bonds. The Hall–Kier alpha value is 0.180. The van der Waals surface area contributed by atoms with Gasteiger partial charge >= 0.3 is 0 Å². The number of hydrogen-bond acceptors (Lipinski definition) is 4. The number of piperidine rings is 1. The second kappa shape index (κ2) is 7.45. The van der Waals surface area contributed by atoms with E-state index in [4.69, 9.17) is 0 Å². The lowest BCUT2D eigenvalue weighted by Crippen LogP contribution is -2.49. The Bertz CT molecular complexity index is 386. The van der Waals surface area contributed by atoms with Gasteiger partial charge in [0.25, 0.3) is 10.2 Å². The molecule has 0 aromatic carbocycles. The van der Waals surface area contributed by atoms with Crippen LogP contribution in [-0.2, 0) is 10.2 Å². The van der Waals surface area contributed by atoms with E-state index in [0.717, 1.165) is 37.3 Å². The van der Waals surface area contributed by atoms with E-state index in [1.165, 1.54) is 0 Å². The van der Waals surface area contributed by atoms with Crippen LogP contribution in [0, 0.1) is 5.92 Å². The molecule has 0 bridgehead atoms. The minimum atomic E-state index is -3.27. The van der Waals surface area contributed by atoms with Crippen molar-refractivity contribution in [1.82, 2.24) is 14.3 Å². The topological polar surface area (TPSA) is 61.4 Å². The van der Waals surface area contributed by atoms with Crippen LogP contribution < -0.4 is 10.0 Å². The predicted octanol–water partition coefficient (Wildman–Crippen LogP) is 1.04. The van der Waals surface area contributed by atoms with Crippen molar-refractivity contribution in [3.8, 4) is 0 Å². The third kappa shape index (κ3) is 4.87. The third-order valence-electron chi connectivity index (χ3n) is 3.97. The lowest BCUT2D eigenvalue weighted by atomic mass is 9.98. The van der Waals surface area contributed by atoms with Crippen molar-refractivity contribution in [3.05, 3.63) is 0 Å². The summed E-state index contributed by atoms with van der Waals surface area (Å²) in [5, 5.41) is 3.44. The molecule has 2 N–H and O–H groups in total. The highest BCUT2D eigenvalue weighted by atomic mass is 32.2. The van der Waals surface area contributed by atoms with Gasteiger partial charge < -0.3 is 5.32 Å². The van der Waals surface area contributed by atoms with Crippen molar-refractivity contribution in [2.24, 2.45) is 5.92 Å². The van der Waals surface area contributed by atoms with Gasteiger partial charge in [-0.25, -0.2) is 0 Å². The van der Waals surface area contributed by atoms with Crippen LogP contribution in [0.1, 0.15) is 33.1 Å². The van der Waals surface area contributed by atoms with Crippen molar-refractivity contribution >= 4 is 22.0 Å². The molecule has 118 valence electrons. The van der Waals surface area contributed by atoms with Gasteiger partial charge in [0, 0.05) is 30.9 Å². The Labute approximate surface area is 127 Å². The standard InChI is InChI=1S/C13H27N3O2S2/c1-11(2)14-9-12-3-6-16(7-4-12)20(17,18)15-13-5-8-19-10-13/h11-15H,3-10H2,1-2H3. The minimum Gasteiger partial charge on any atom is -0.314 e. The van der Waals surface area contributed by atoms with Gasteiger partial charge in [0.15, 0.2) is 0 Å². The molecular formula is C13H27N3O2S2. The summed E-state index contributed by atoms with van der Waals surface area (Å²) < 4.78 is 29.1. The summed E-state index contributed by atoms with van der Waals surface area (Å²) in [5.41, 5.74) is 0. The highest BCUT2D eigenvalue weighted by Crippen LogP contribution is 2.21. The minimum absolute atomic E-state index is 0.130. The molecule has 0 saturated carbocycles. The van der Waals surface area contributed by atoms with E-state index in [0.29, 0.717) is 25.0 Å². The van der Waals surface area contributed by atoms with Crippen LogP contribution in [0.25, 0.3) is 0 Å². The largest absolute Gasteiger partial charge is 0.314 e. The molecule has 0 radical (unpaired) electrons. The molecule has 5 nitrogen and oxygen atoms in total. The Morgan fingerprint density at radius 2 is 1.95 bits per heavy atom. The number of nitrogens with zero attached hydrogens (tertiary/aromatic N) is 1. The van der Waals surface area contributed by atoms with Gasteiger partial charge in [-0.2, -0.15) is 29.2 Å². The summed E-state index contributed by atoms with van der Waals surface area (Å²) in [5.74, 6) is 2.58. The molecule has 7 heteroatoms. The maximum atomic E-state index is 12.3. The van der Waals surface area contributed by atoms with Crippen molar-refractivity contribution < 1.29 is 8.42 Å². The zero-order chi connectivity index (χ0) is 14.6.